The van der Waals surface area contributed by atoms with Crippen molar-refractivity contribution in [3.63, 3.8) is 0 Å². The van der Waals surface area contributed by atoms with E-state index in [2.05, 4.69) is 39.9 Å². The first-order valence-electron chi connectivity index (χ1n) is 8.46. The van der Waals surface area contributed by atoms with Crippen LogP contribution in [0.2, 0.25) is 18.1 Å². The Morgan fingerprint density at radius 1 is 1.29 bits per heavy atom. The van der Waals surface area contributed by atoms with Gasteiger partial charge in [0.1, 0.15) is 0 Å². The molecule has 1 aromatic carbocycles. The summed E-state index contributed by atoms with van der Waals surface area (Å²) in [5, 5.41) is 9.44. The summed E-state index contributed by atoms with van der Waals surface area (Å²) in [5.41, 5.74) is 1.98. The van der Waals surface area contributed by atoms with Gasteiger partial charge >= 0.3 is 5.97 Å². The van der Waals surface area contributed by atoms with Crippen LogP contribution in [0.5, 0.6) is 0 Å². The summed E-state index contributed by atoms with van der Waals surface area (Å²) < 4.78 is 11.2. The van der Waals surface area contributed by atoms with Crippen LogP contribution >= 0.6 is 0 Å². The predicted molar refractivity (Wildman–Crippen MR) is 98.6 cm³/mol. The van der Waals surface area contributed by atoms with E-state index in [1.807, 2.05) is 0 Å². The number of aryl methyl sites for hydroxylation is 1. The second-order valence-electron chi connectivity index (χ2n) is 7.42. The van der Waals surface area contributed by atoms with Crippen molar-refractivity contribution in [1.82, 2.24) is 0 Å². The number of rotatable bonds is 7. The number of nitrogens with zero attached hydrogens (tertiary/aromatic N) is 1. The Hall–Kier alpha value is -1.64. The number of ether oxygens (including phenoxy) is 1. The van der Waals surface area contributed by atoms with E-state index in [0.717, 1.165) is 12.0 Å². The van der Waals surface area contributed by atoms with Gasteiger partial charge in [-0.05, 0) is 61.7 Å². The Morgan fingerprint density at radius 2 is 1.96 bits per heavy atom. The van der Waals surface area contributed by atoms with Gasteiger partial charge in [0.05, 0.1) is 23.8 Å². The van der Waals surface area contributed by atoms with Gasteiger partial charge in [0.25, 0.3) is 0 Å². The molecule has 0 N–H and O–H groups in total. The molecule has 0 heterocycles. The van der Waals surface area contributed by atoms with Gasteiger partial charge in [-0.2, -0.15) is 5.26 Å². The van der Waals surface area contributed by atoms with Crippen LogP contribution in [0.4, 0.5) is 0 Å². The van der Waals surface area contributed by atoms with Crippen molar-refractivity contribution < 1.29 is 14.0 Å². The standard InChI is InChI=1S/C19H29NO3Si/c1-7-22-18(21)16-10-11-17(14-20)15(13-16)9-8-12-23-24(5,6)19(2,3)4/h10-11,13H,7-9,12H2,1-6H3. The molecule has 0 spiro atoms. The van der Waals surface area contributed by atoms with Gasteiger partial charge in [0, 0.05) is 6.61 Å². The van der Waals surface area contributed by atoms with Crippen molar-refractivity contribution in [3.05, 3.63) is 34.9 Å². The molecule has 0 saturated heterocycles. The van der Waals surface area contributed by atoms with Crippen molar-refractivity contribution in [2.24, 2.45) is 0 Å². The first-order chi connectivity index (χ1) is 11.1. The van der Waals surface area contributed by atoms with Crippen molar-refractivity contribution in [3.8, 4) is 6.07 Å². The first-order valence-corrected chi connectivity index (χ1v) is 11.4. The fourth-order valence-corrected chi connectivity index (χ4v) is 3.15. The van der Waals surface area contributed by atoms with Crippen molar-refractivity contribution >= 4 is 14.3 Å². The number of carbonyl (C=O) groups is 1. The highest BCUT2D eigenvalue weighted by atomic mass is 28.4. The lowest BCUT2D eigenvalue weighted by atomic mass is 10.0. The molecular weight excluding hydrogens is 318 g/mol. The Balaban J connectivity index is 2.72. The Labute approximate surface area is 146 Å². The van der Waals surface area contributed by atoms with Gasteiger partial charge in [-0.25, -0.2) is 4.79 Å². The highest BCUT2D eigenvalue weighted by molar-refractivity contribution is 6.74. The fraction of sp³-hybridized carbons (Fsp3) is 0.579. The number of esters is 1. The summed E-state index contributed by atoms with van der Waals surface area (Å²) in [6, 6.07) is 7.29. The van der Waals surface area contributed by atoms with Gasteiger partial charge in [-0.3, -0.25) is 0 Å². The molecule has 5 heteroatoms. The van der Waals surface area contributed by atoms with Crippen LogP contribution in [-0.4, -0.2) is 27.5 Å². The molecule has 1 aromatic rings. The number of nitriles is 1. The predicted octanol–water partition coefficient (Wildman–Crippen LogP) is 4.69. The molecule has 0 aromatic heterocycles. The summed E-state index contributed by atoms with van der Waals surface area (Å²) >= 11 is 0. The minimum absolute atomic E-state index is 0.189. The second-order valence-corrected chi connectivity index (χ2v) is 12.2. The molecule has 0 atom stereocenters. The van der Waals surface area contributed by atoms with Crippen molar-refractivity contribution in [1.29, 1.82) is 5.26 Å². The van der Waals surface area contributed by atoms with Crippen LogP contribution in [-0.2, 0) is 15.6 Å². The molecule has 24 heavy (non-hydrogen) atoms. The van der Waals surface area contributed by atoms with Gasteiger partial charge in [0.2, 0.25) is 0 Å². The molecule has 0 saturated carbocycles. The Kier molecular flexibility index (Phi) is 7.19. The number of benzene rings is 1. The first kappa shape index (κ1) is 20.4. The highest BCUT2D eigenvalue weighted by Crippen LogP contribution is 2.36. The van der Waals surface area contributed by atoms with Crippen molar-refractivity contribution in [2.45, 2.75) is 58.7 Å². The minimum Gasteiger partial charge on any atom is -0.462 e. The third-order valence-electron chi connectivity index (χ3n) is 4.60. The molecule has 0 aliphatic heterocycles. The topological polar surface area (TPSA) is 59.3 Å². The lowest BCUT2D eigenvalue weighted by molar-refractivity contribution is 0.0526. The smallest absolute Gasteiger partial charge is 0.338 e. The van der Waals surface area contributed by atoms with Crippen LogP contribution in [0.1, 0.15) is 55.6 Å². The average Bonchev–Trinajstić information content (AvgIpc) is 2.50. The number of hydrogen-bond donors (Lipinski definition) is 0. The average molecular weight is 348 g/mol. The quantitative estimate of drug-likeness (QED) is 0.408. The van der Waals surface area contributed by atoms with Crippen molar-refractivity contribution in [2.75, 3.05) is 13.2 Å². The lowest BCUT2D eigenvalue weighted by Crippen LogP contribution is -2.41. The van der Waals surface area contributed by atoms with E-state index in [4.69, 9.17) is 9.16 Å². The van der Waals surface area contributed by atoms with Gasteiger partial charge in [-0.1, -0.05) is 20.8 Å². The molecule has 0 amide bonds. The van der Waals surface area contributed by atoms with E-state index in [1.165, 1.54) is 0 Å². The van der Waals surface area contributed by atoms with E-state index in [0.29, 0.717) is 30.8 Å². The zero-order chi connectivity index (χ0) is 18.4. The van der Waals surface area contributed by atoms with Crippen LogP contribution in [0.15, 0.2) is 18.2 Å². The molecule has 0 radical (unpaired) electrons. The Bertz CT molecular complexity index is 612. The summed E-state index contributed by atoms with van der Waals surface area (Å²) in [4.78, 5) is 11.8. The molecule has 0 bridgehead atoms. The highest BCUT2D eigenvalue weighted by Gasteiger charge is 2.36. The third kappa shape index (κ3) is 5.47. The van der Waals surface area contributed by atoms with Crippen LogP contribution in [0.3, 0.4) is 0 Å². The maximum absolute atomic E-state index is 11.8. The lowest BCUT2D eigenvalue weighted by Gasteiger charge is -2.36. The van der Waals surface area contributed by atoms with E-state index >= 15 is 0 Å². The molecule has 1 rings (SSSR count). The number of hydrogen-bond acceptors (Lipinski definition) is 4. The van der Waals surface area contributed by atoms with Crippen LogP contribution in [0, 0.1) is 11.3 Å². The maximum Gasteiger partial charge on any atom is 0.338 e. The molecule has 0 aliphatic carbocycles. The summed E-state index contributed by atoms with van der Waals surface area (Å²) in [6.07, 6.45) is 1.54. The number of carbonyl (C=O) groups excluding carboxylic acids is 1. The fourth-order valence-electron chi connectivity index (χ4n) is 2.06. The molecule has 4 nitrogen and oxygen atoms in total. The molecule has 0 unspecified atom stereocenters. The summed E-state index contributed by atoms with van der Waals surface area (Å²) in [5.74, 6) is -0.347. The molecule has 0 fully saturated rings. The summed E-state index contributed by atoms with van der Waals surface area (Å²) in [7, 11) is -1.74. The van der Waals surface area contributed by atoms with Gasteiger partial charge in [0.15, 0.2) is 8.32 Å². The zero-order valence-corrected chi connectivity index (χ0v) is 16.7. The SMILES string of the molecule is CCOC(=O)c1ccc(C#N)c(CCCO[Si](C)(C)C(C)(C)C)c1. The normalized spacial score (nSPS) is 11.9. The van der Waals surface area contributed by atoms with Gasteiger partial charge in [-0.15, -0.1) is 0 Å². The zero-order valence-electron chi connectivity index (χ0n) is 15.7. The van der Waals surface area contributed by atoms with E-state index in [9.17, 15) is 10.1 Å². The van der Waals surface area contributed by atoms with E-state index in [-0.39, 0.29) is 11.0 Å². The second kappa shape index (κ2) is 8.45. The van der Waals surface area contributed by atoms with Gasteiger partial charge < -0.3 is 9.16 Å². The van der Waals surface area contributed by atoms with E-state index < -0.39 is 8.32 Å². The molecule has 0 aliphatic rings. The molecular formula is C19H29NO3Si. The third-order valence-corrected chi connectivity index (χ3v) is 9.13. The van der Waals surface area contributed by atoms with Crippen LogP contribution in [0.25, 0.3) is 0 Å². The van der Waals surface area contributed by atoms with Crippen LogP contribution < -0.4 is 0 Å². The maximum atomic E-state index is 11.8. The summed E-state index contributed by atoms with van der Waals surface area (Å²) in [6.45, 7) is 13.9. The Morgan fingerprint density at radius 3 is 2.50 bits per heavy atom. The minimum atomic E-state index is -1.74. The molecule has 132 valence electrons. The largest absolute Gasteiger partial charge is 0.462 e. The monoisotopic (exact) mass is 347 g/mol. The van der Waals surface area contributed by atoms with E-state index in [1.54, 1.807) is 25.1 Å².